The maximum atomic E-state index is 6.35. The first-order valence-electron chi connectivity index (χ1n) is 8.54. The van der Waals surface area contributed by atoms with E-state index in [0.717, 1.165) is 13.1 Å². The van der Waals surface area contributed by atoms with Crippen molar-refractivity contribution in [2.75, 3.05) is 18.0 Å². The molecule has 1 aliphatic rings. The van der Waals surface area contributed by atoms with E-state index in [0.29, 0.717) is 11.8 Å². The van der Waals surface area contributed by atoms with E-state index < -0.39 is 0 Å². The number of hydrogen-bond acceptors (Lipinski definition) is 2. The van der Waals surface area contributed by atoms with Gasteiger partial charge in [0.15, 0.2) is 0 Å². The maximum Gasteiger partial charge on any atom is 0.0529 e. The summed E-state index contributed by atoms with van der Waals surface area (Å²) < 4.78 is 0. The van der Waals surface area contributed by atoms with Gasteiger partial charge in [-0.3, -0.25) is 0 Å². The summed E-state index contributed by atoms with van der Waals surface area (Å²) in [5, 5.41) is 0. The van der Waals surface area contributed by atoms with Crippen LogP contribution in [0.1, 0.15) is 52.5 Å². The van der Waals surface area contributed by atoms with E-state index in [4.69, 9.17) is 5.73 Å². The molecule has 0 saturated heterocycles. The summed E-state index contributed by atoms with van der Waals surface area (Å²) >= 11 is 0. The molecule has 1 aliphatic heterocycles. The zero-order chi connectivity index (χ0) is 15.5. The van der Waals surface area contributed by atoms with E-state index >= 15 is 0 Å². The van der Waals surface area contributed by atoms with Crippen LogP contribution in [-0.2, 0) is 6.42 Å². The van der Waals surface area contributed by atoms with Crippen LogP contribution in [0.2, 0.25) is 0 Å². The number of aryl methyl sites for hydroxylation is 1. The van der Waals surface area contributed by atoms with Gasteiger partial charge in [0.25, 0.3) is 0 Å². The van der Waals surface area contributed by atoms with Gasteiger partial charge in [0.1, 0.15) is 0 Å². The first-order chi connectivity index (χ1) is 9.98. The number of para-hydroxylation sites is 1. The summed E-state index contributed by atoms with van der Waals surface area (Å²) in [6, 6.07) is 8.91. The maximum absolute atomic E-state index is 6.35. The van der Waals surface area contributed by atoms with Crippen LogP contribution >= 0.6 is 0 Å². The van der Waals surface area contributed by atoms with Crippen molar-refractivity contribution in [3.63, 3.8) is 0 Å². The lowest BCUT2D eigenvalue weighted by molar-refractivity contribution is 0.266. The highest BCUT2D eigenvalue weighted by atomic mass is 15.2. The molecular formula is C19H32N2. The second-order valence-corrected chi connectivity index (χ2v) is 7.51. The molecule has 0 unspecified atom stereocenters. The number of hydrogen-bond donors (Lipinski definition) is 1. The van der Waals surface area contributed by atoms with E-state index in [2.05, 4.69) is 56.9 Å². The normalized spacial score (nSPS) is 15.7. The fraction of sp³-hybridized carbons (Fsp3) is 0.684. The molecule has 0 saturated carbocycles. The minimum absolute atomic E-state index is 0.110. The molecule has 118 valence electrons. The molecule has 1 heterocycles. The van der Waals surface area contributed by atoms with Gasteiger partial charge in [-0.2, -0.15) is 0 Å². The van der Waals surface area contributed by atoms with E-state index in [9.17, 15) is 0 Å². The van der Waals surface area contributed by atoms with Gasteiger partial charge in [0, 0.05) is 18.8 Å². The minimum atomic E-state index is 0.110. The van der Waals surface area contributed by atoms with Gasteiger partial charge in [0.2, 0.25) is 0 Å². The minimum Gasteiger partial charge on any atom is -0.364 e. The number of benzene rings is 1. The molecule has 0 spiro atoms. The van der Waals surface area contributed by atoms with Crippen LogP contribution in [0, 0.1) is 11.8 Å². The zero-order valence-electron chi connectivity index (χ0n) is 14.2. The summed E-state index contributed by atoms with van der Waals surface area (Å²) in [6.45, 7) is 11.2. The molecule has 0 radical (unpaired) electrons. The Morgan fingerprint density at radius 3 is 2.29 bits per heavy atom. The summed E-state index contributed by atoms with van der Waals surface area (Å²) in [5.41, 5.74) is 9.38. The van der Waals surface area contributed by atoms with Crippen molar-refractivity contribution in [3.8, 4) is 0 Å². The molecule has 2 heteroatoms. The average Bonchev–Trinajstić information content (AvgIpc) is 2.45. The number of anilines is 1. The molecule has 1 aromatic rings. The first-order valence-corrected chi connectivity index (χ1v) is 8.54. The van der Waals surface area contributed by atoms with Crippen LogP contribution in [0.4, 0.5) is 5.69 Å². The Morgan fingerprint density at radius 1 is 1.10 bits per heavy atom. The molecule has 0 atom stereocenters. The molecule has 0 aliphatic carbocycles. The standard InChI is InChI=1S/C19H32N2/c1-15(2)12-19(14-20,13-16(3)4)21-11-7-9-17-8-5-6-10-18(17)21/h5-6,8,10,15-16H,7,9,11-14,20H2,1-4H3. The Morgan fingerprint density at radius 2 is 1.71 bits per heavy atom. The van der Waals surface area contributed by atoms with E-state index in [1.54, 1.807) is 0 Å². The van der Waals surface area contributed by atoms with Crippen LogP contribution in [0.5, 0.6) is 0 Å². The van der Waals surface area contributed by atoms with Crippen LogP contribution in [0.25, 0.3) is 0 Å². The van der Waals surface area contributed by atoms with Crippen molar-refractivity contribution in [1.29, 1.82) is 0 Å². The van der Waals surface area contributed by atoms with Crippen LogP contribution < -0.4 is 10.6 Å². The zero-order valence-corrected chi connectivity index (χ0v) is 14.2. The summed E-state index contributed by atoms with van der Waals surface area (Å²) in [4.78, 5) is 2.64. The summed E-state index contributed by atoms with van der Waals surface area (Å²) in [7, 11) is 0. The second kappa shape index (κ2) is 6.83. The smallest absolute Gasteiger partial charge is 0.0529 e. The average molecular weight is 288 g/mol. The molecule has 2 N–H and O–H groups in total. The number of nitrogens with two attached hydrogens (primary N) is 1. The SMILES string of the molecule is CC(C)CC(CN)(CC(C)C)N1CCCc2ccccc21. The largest absolute Gasteiger partial charge is 0.364 e. The van der Waals surface area contributed by atoms with Crippen molar-refractivity contribution in [1.82, 2.24) is 0 Å². The monoisotopic (exact) mass is 288 g/mol. The number of nitrogens with zero attached hydrogens (tertiary/aromatic N) is 1. The van der Waals surface area contributed by atoms with E-state index in [1.165, 1.54) is 36.9 Å². The third kappa shape index (κ3) is 3.60. The molecule has 0 aromatic heterocycles. The predicted octanol–water partition coefficient (Wildman–Crippen LogP) is 4.23. The van der Waals surface area contributed by atoms with Gasteiger partial charge >= 0.3 is 0 Å². The molecule has 0 bridgehead atoms. The fourth-order valence-electron chi connectivity index (χ4n) is 4.13. The molecule has 1 aromatic carbocycles. The molecule has 0 amide bonds. The molecule has 0 fully saturated rings. The van der Waals surface area contributed by atoms with Crippen LogP contribution in [-0.4, -0.2) is 18.6 Å². The topological polar surface area (TPSA) is 29.3 Å². The Labute approximate surface area is 130 Å². The van der Waals surface area contributed by atoms with Crippen molar-refractivity contribution >= 4 is 5.69 Å². The van der Waals surface area contributed by atoms with E-state index in [-0.39, 0.29) is 5.54 Å². The van der Waals surface area contributed by atoms with Crippen LogP contribution in [0.15, 0.2) is 24.3 Å². The Balaban J connectivity index is 2.41. The van der Waals surface area contributed by atoms with Crippen molar-refractivity contribution in [3.05, 3.63) is 29.8 Å². The molecular weight excluding hydrogens is 256 g/mol. The lowest BCUT2D eigenvalue weighted by Gasteiger charge is -2.49. The Kier molecular flexibility index (Phi) is 5.32. The Bertz CT molecular complexity index is 441. The molecule has 21 heavy (non-hydrogen) atoms. The van der Waals surface area contributed by atoms with Crippen molar-refractivity contribution in [2.24, 2.45) is 17.6 Å². The number of rotatable bonds is 6. The highest BCUT2D eigenvalue weighted by Crippen LogP contribution is 2.38. The van der Waals surface area contributed by atoms with E-state index in [1.807, 2.05) is 0 Å². The third-order valence-electron chi connectivity index (χ3n) is 4.64. The van der Waals surface area contributed by atoms with Crippen molar-refractivity contribution in [2.45, 2.75) is 58.9 Å². The van der Waals surface area contributed by atoms with Gasteiger partial charge in [-0.15, -0.1) is 0 Å². The summed E-state index contributed by atoms with van der Waals surface area (Å²) in [6.07, 6.45) is 4.80. The predicted molar refractivity (Wildman–Crippen MR) is 92.8 cm³/mol. The lowest BCUT2D eigenvalue weighted by Crippen LogP contribution is -2.57. The van der Waals surface area contributed by atoms with Gasteiger partial charge in [-0.25, -0.2) is 0 Å². The lowest BCUT2D eigenvalue weighted by atomic mass is 9.78. The molecule has 2 rings (SSSR count). The van der Waals surface area contributed by atoms with Gasteiger partial charge < -0.3 is 10.6 Å². The first kappa shape index (κ1) is 16.4. The summed E-state index contributed by atoms with van der Waals surface area (Å²) in [5.74, 6) is 1.34. The Hall–Kier alpha value is -1.02. The van der Waals surface area contributed by atoms with Gasteiger partial charge in [-0.05, 0) is 49.1 Å². The molecule has 2 nitrogen and oxygen atoms in total. The van der Waals surface area contributed by atoms with Gasteiger partial charge in [0.05, 0.1) is 5.54 Å². The fourth-order valence-corrected chi connectivity index (χ4v) is 4.13. The quantitative estimate of drug-likeness (QED) is 0.849. The number of fused-ring (bicyclic) bond motifs is 1. The van der Waals surface area contributed by atoms with Crippen LogP contribution in [0.3, 0.4) is 0 Å². The highest BCUT2D eigenvalue weighted by molar-refractivity contribution is 5.57. The third-order valence-corrected chi connectivity index (χ3v) is 4.64. The highest BCUT2D eigenvalue weighted by Gasteiger charge is 2.38. The van der Waals surface area contributed by atoms with Crippen molar-refractivity contribution < 1.29 is 0 Å². The second-order valence-electron chi connectivity index (χ2n) is 7.51. The van der Waals surface area contributed by atoms with Gasteiger partial charge in [-0.1, -0.05) is 45.9 Å².